The largest absolute Gasteiger partial charge is 0.330 e. The van der Waals surface area contributed by atoms with E-state index >= 15 is 0 Å². The zero-order chi connectivity index (χ0) is 20.2. The van der Waals surface area contributed by atoms with Gasteiger partial charge in [-0.25, -0.2) is 4.39 Å². The summed E-state index contributed by atoms with van der Waals surface area (Å²) >= 11 is 1.16. The number of aromatic nitrogens is 5. The monoisotopic (exact) mass is 410 g/mol. The molecule has 8 nitrogen and oxygen atoms in total. The third-order valence-electron chi connectivity index (χ3n) is 3.96. The molecule has 0 aliphatic carbocycles. The summed E-state index contributed by atoms with van der Waals surface area (Å²) in [5.41, 5.74) is 0.958. The van der Waals surface area contributed by atoms with Gasteiger partial charge < -0.3 is 14.4 Å². The summed E-state index contributed by atoms with van der Waals surface area (Å²) in [4.78, 5) is 16.4. The van der Waals surface area contributed by atoms with Gasteiger partial charge in [-0.1, -0.05) is 59.4 Å². The minimum Gasteiger partial charge on any atom is -0.330 e. The Bertz CT molecular complexity index is 1140. The van der Waals surface area contributed by atoms with E-state index in [1.165, 1.54) is 12.1 Å². The maximum atomic E-state index is 13.6. The van der Waals surface area contributed by atoms with Crippen LogP contribution >= 0.6 is 11.8 Å². The van der Waals surface area contributed by atoms with Crippen molar-refractivity contribution in [1.82, 2.24) is 24.9 Å². The Balaban J connectivity index is 1.43. The molecule has 0 radical (unpaired) electrons. The highest BCUT2D eigenvalue weighted by atomic mass is 32.2. The standard InChI is InChI=1S/C19H15FN6O2S/c1-26-17(18-22-16(25-28-18)12-7-3-2-4-8-12)23-24-19(26)29-11-15(27)21-14-10-6-5-9-13(14)20/h2-10H,11H2,1H3,(H,21,27). The van der Waals surface area contributed by atoms with Crippen LogP contribution in [0.5, 0.6) is 0 Å². The first-order chi connectivity index (χ1) is 14.1. The summed E-state index contributed by atoms with van der Waals surface area (Å²) < 4.78 is 20.6. The molecule has 4 aromatic rings. The van der Waals surface area contributed by atoms with Crippen molar-refractivity contribution in [2.45, 2.75) is 5.16 Å². The van der Waals surface area contributed by atoms with Gasteiger partial charge in [-0.3, -0.25) is 4.79 Å². The van der Waals surface area contributed by atoms with Crippen molar-refractivity contribution in [2.75, 3.05) is 11.1 Å². The molecule has 0 aliphatic heterocycles. The summed E-state index contributed by atoms with van der Waals surface area (Å²) in [6.07, 6.45) is 0. The second-order valence-corrected chi connectivity index (χ2v) is 6.91. The molecule has 0 unspecified atom stereocenters. The zero-order valence-corrected chi connectivity index (χ0v) is 16.1. The third kappa shape index (κ3) is 4.16. The van der Waals surface area contributed by atoms with E-state index in [9.17, 15) is 9.18 Å². The van der Waals surface area contributed by atoms with Crippen molar-refractivity contribution in [3.63, 3.8) is 0 Å². The average Bonchev–Trinajstić information content (AvgIpc) is 3.36. The van der Waals surface area contributed by atoms with Gasteiger partial charge in [-0.2, -0.15) is 4.98 Å². The normalized spacial score (nSPS) is 10.8. The maximum absolute atomic E-state index is 13.6. The highest BCUT2D eigenvalue weighted by Crippen LogP contribution is 2.24. The topological polar surface area (TPSA) is 98.7 Å². The summed E-state index contributed by atoms with van der Waals surface area (Å²) in [5.74, 6) is 0.255. The van der Waals surface area contributed by atoms with E-state index in [1.807, 2.05) is 30.3 Å². The number of nitrogens with zero attached hydrogens (tertiary/aromatic N) is 5. The van der Waals surface area contributed by atoms with Gasteiger partial charge >= 0.3 is 0 Å². The van der Waals surface area contributed by atoms with Crippen molar-refractivity contribution in [1.29, 1.82) is 0 Å². The van der Waals surface area contributed by atoms with Crippen molar-refractivity contribution in [3.8, 4) is 23.1 Å². The minimum absolute atomic E-state index is 0.0411. The predicted molar refractivity (Wildman–Crippen MR) is 105 cm³/mol. The average molecular weight is 410 g/mol. The van der Waals surface area contributed by atoms with Gasteiger partial charge in [0.2, 0.25) is 17.6 Å². The van der Waals surface area contributed by atoms with Crippen molar-refractivity contribution < 1.29 is 13.7 Å². The number of nitrogens with one attached hydrogen (secondary N) is 1. The molecule has 1 amide bonds. The van der Waals surface area contributed by atoms with Gasteiger partial charge in [0.05, 0.1) is 11.4 Å². The van der Waals surface area contributed by atoms with Crippen molar-refractivity contribution >= 4 is 23.4 Å². The SMILES string of the molecule is Cn1c(SCC(=O)Nc2ccccc2F)nnc1-c1nc(-c2ccccc2)no1. The Morgan fingerprint density at radius 1 is 1.14 bits per heavy atom. The van der Waals surface area contributed by atoms with Crippen molar-refractivity contribution in [2.24, 2.45) is 7.05 Å². The van der Waals surface area contributed by atoms with Crippen LogP contribution in [0.1, 0.15) is 0 Å². The first-order valence-corrected chi connectivity index (χ1v) is 9.56. The van der Waals surface area contributed by atoms with E-state index in [2.05, 4.69) is 25.7 Å². The number of amides is 1. The molecule has 146 valence electrons. The van der Waals surface area contributed by atoms with E-state index in [-0.39, 0.29) is 23.2 Å². The third-order valence-corrected chi connectivity index (χ3v) is 4.98. The molecule has 2 heterocycles. The predicted octanol–water partition coefficient (Wildman–Crippen LogP) is 3.40. The fourth-order valence-electron chi connectivity index (χ4n) is 2.52. The molecule has 0 bridgehead atoms. The fourth-order valence-corrected chi connectivity index (χ4v) is 3.24. The number of hydrogen-bond donors (Lipinski definition) is 1. The maximum Gasteiger partial charge on any atom is 0.296 e. The Morgan fingerprint density at radius 3 is 2.69 bits per heavy atom. The van der Waals surface area contributed by atoms with Crippen LogP contribution in [0.4, 0.5) is 10.1 Å². The van der Waals surface area contributed by atoms with E-state index in [0.717, 1.165) is 17.3 Å². The molecule has 0 saturated heterocycles. The Morgan fingerprint density at radius 2 is 1.90 bits per heavy atom. The second kappa shape index (κ2) is 8.23. The smallest absolute Gasteiger partial charge is 0.296 e. The van der Waals surface area contributed by atoms with Crippen LogP contribution in [-0.2, 0) is 11.8 Å². The number of carbonyl (C=O) groups is 1. The van der Waals surface area contributed by atoms with Crippen LogP contribution < -0.4 is 5.32 Å². The molecule has 29 heavy (non-hydrogen) atoms. The first kappa shape index (κ1) is 18.8. The molecule has 4 rings (SSSR count). The lowest BCUT2D eigenvalue weighted by molar-refractivity contribution is -0.113. The molecule has 0 spiro atoms. The molecular formula is C19H15FN6O2S. The summed E-state index contributed by atoms with van der Waals surface area (Å²) in [6, 6.07) is 15.4. The van der Waals surface area contributed by atoms with Crippen LogP contribution in [0.3, 0.4) is 0 Å². The Kier molecular flexibility index (Phi) is 5.34. The van der Waals surface area contributed by atoms with Gasteiger partial charge in [0.25, 0.3) is 5.89 Å². The molecule has 0 saturated carbocycles. The zero-order valence-electron chi connectivity index (χ0n) is 15.2. The van der Waals surface area contributed by atoms with Gasteiger partial charge in [0.15, 0.2) is 5.16 Å². The van der Waals surface area contributed by atoms with Crippen LogP contribution in [0.2, 0.25) is 0 Å². The molecule has 2 aromatic carbocycles. The van der Waals surface area contributed by atoms with Crippen LogP contribution in [0.25, 0.3) is 23.1 Å². The molecule has 10 heteroatoms. The minimum atomic E-state index is -0.489. The summed E-state index contributed by atoms with van der Waals surface area (Å²) in [6.45, 7) is 0. The number of benzene rings is 2. The molecule has 0 aliphatic rings. The number of anilines is 1. The number of rotatable bonds is 6. The first-order valence-electron chi connectivity index (χ1n) is 8.58. The molecule has 1 N–H and O–H groups in total. The quantitative estimate of drug-likeness (QED) is 0.486. The number of para-hydroxylation sites is 1. The van der Waals surface area contributed by atoms with Crippen molar-refractivity contribution in [3.05, 3.63) is 60.4 Å². The number of hydrogen-bond acceptors (Lipinski definition) is 7. The number of thioether (sulfide) groups is 1. The lowest BCUT2D eigenvalue weighted by Crippen LogP contribution is -2.15. The van der Waals surface area contributed by atoms with E-state index in [1.54, 1.807) is 23.7 Å². The van der Waals surface area contributed by atoms with E-state index < -0.39 is 5.82 Å². The van der Waals surface area contributed by atoms with E-state index in [0.29, 0.717) is 16.8 Å². The van der Waals surface area contributed by atoms with Gasteiger partial charge in [-0.15, -0.1) is 10.2 Å². The molecule has 2 aromatic heterocycles. The lowest BCUT2D eigenvalue weighted by atomic mass is 10.2. The molecular weight excluding hydrogens is 395 g/mol. The van der Waals surface area contributed by atoms with E-state index in [4.69, 9.17) is 4.52 Å². The van der Waals surface area contributed by atoms with Gasteiger partial charge in [0, 0.05) is 12.6 Å². The lowest BCUT2D eigenvalue weighted by Gasteiger charge is -2.05. The van der Waals surface area contributed by atoms with Crippen LogP contribution in [-0.4, -0.2) is 36.6 Å². The molecule has 0 fully saturated rings. The summed E-state index contributed by atoms with van der Waals surface area (Å²) in [7, 11) is 1.73. The fraction of sp³-hybridized carbons (Fsp3) is 0.105. The van der Waals surface area contributed by atoms with Gasteiger partial charge in [-0.05, 0) is 12.1 Å². The van der Waals surface area contributed by atoms with Crippen LogP contribution in [0.15, 0.2) is 64.3 Å². The summed E-state index contributed by atoms with van der Waals surface area (Å²) in [5, 5.41) is 15.1. The molecule has 0 atom stereocenters. The Hall–Kier alpha value is -3.53. The van der Waals surface area contributed by atoms with Gasteiger partial charge in [0.1, 0.15) is 5.82 Å². The Labute approximate surface area is 169 Å². The highest BCUT2D eigenvalue weighted by molar-refractivity contribution is 7.99. The second-order valence-electron chi connectivity index (χ2n) is 5.97. The highest BCUT2D eigenvalue weighted by Gasteiger charge is 2.19. The number of carbonyl (C=O) groups excluding carboxylic acids is 1. The van der Waals surface area contributed by atoms with Crippen LogP contribution in [0, 0.1) is 5.82 Å². The number of halogens is 1.